The van der Waals surface area contributed by atoms with Gasteiger partial charge in [0.05, 0.1) is 0 Å². The Bertz CT molecular complexity index is 388. The first-order chi connectivity index (χ1) is 8.86. The minimum atomic E-state index is 0.125. The summed E-state index contributed by atoms with van der Waals surface area (Å²) in [6.45, 7) is 11.7. The van der Waals surface area contributed by atoms with E-state index in [1.54, 1.807) is 0 Å². The van der Waals surface area contributed by atoms with Gasteiger partial charge < -0.3 is 11.1 Å². The highest BCUT2D eigenvalue weighted by Gasteiger charge is 2.21. The summed E-state index contributed by atoms with van der Waals surface area (Å²) in [5.41, 5.74) is 7.28. The second-order valence-corrected chi connectivity index (χ2v) is 7.18. The Kier molecular flexibility index (Phi) is 6.51. The monoisotopic (exact) mass is 326 g/mol. The number of halogens is 1. The van der Waals surface area contributed by atoms with Crippen molar-refractivity contribution in [1.82, 2.24) is 5.32 Å². The third-order valence-electron chi connectivity index (χ3n) is 3.83. The lowest BCUT2D eigenvalue weighted by molar-refractivity contribution is 0.352. The summed E-state index contributed by atoms with van der Waals surface area (Å²) in [7, 11) is 0. The Morgan fingerprint density at radius 2 is 2.00 bits per heavy atom. The zero-order valence-corrected chi connectivity index (χ0v) is 14.1. The molecule has 0 aromatic heterocycles. The molecule has 19 heavy (non-hydrogen) atoms. The maximum Gasteiger partial charge on any atom is 0.0178 e. The van der Waals surface area contributed by atoms with Crippen molar-refractivity contribution in [3.05, 3.63) is 34.3 Å². The molecular formula is C16H27BrN2. The van der Waals surface area contributed by atoms with Gasteiger partial charge in [0, 0.05) is 16.4 Å². The highest BCUT2D eigenvalue weighted by molar-refractivity contribution is 9.10. The molecule has 0 radical (unpaired) electrons. The summed E-state index contributed by atoms with van der Waals surface area (Å²) < 4.78 is 1.14. The molecule has 3 heteroatoms. The molecule has 1 unspecified atom stereocenters. The van der Waals surface area contributed by atoms with Crippen LogP contribution in [0.3, 0.4) is 0 Å². The molecule has 3 N–H and O–H groups in total. The largest absolute Gasteiger partial charge is 0.330 e. The van der Waals surface area contributed by atoms with Gasteiger partial charge in [-0.1, -0.05) is 55.8 Å². The number of benzene rings is 1. The van der Waals surface area contributed by atoms with Crippen LogP contribution in [-0.2, 0) is 5.41 Å². The number of nitrogens with two attached hydrogens (primary N) is 1. The first kappa shape index (κ1) is 16.7. The molecule has 0 fully saturated rings. The van der Waals surface area contributed by atoms with Crippen LogP contribution in [0.15, 0.2) is 28.7 Å². The zero-order chi connectivity index (χ0) is 14.5. The summed E-state index contributed by atoms with van der Waals surface area (Å²) in [6.07, 6.45) is 0. The fourth-order valence-electron chi connectivity index (χ4n) is 2.17. The third-order valence-corrected chi connectivity index (χ3v) is 4.32. The van der Waals surface area contributed by atoms with Gasteiger partial charge in [-0.3, -0.25) is 0 Å². The summed E-state index contributed by atoms with van der Waals surface area (Å²) in [5.74, 6) is 1.18. The highest BCUT2D eigenvalue weighted by Crippen LogP contribution is 2.25. The Hall–Kier alpha value is -0.380. The van der Waals surface area contributed by atoms with Crippen molar-refractivity contribution in [2.75, 3.05) is 19.6 Å². The molecule has 1 aromatic rings. The van der Waals surface area contributed by atoms with Crippen molar-refractivity contribution in [2.24, 2.45) is 17.6 Å². The Morgan fingerprint density at radius 1 is 1.32 bits per heavy atom. The Balaban J connectivity index is 2.56. The molecule has 1 aromatic carbocycles. The van der Waals surface area contributed by atoms with Crippen molar-refractivity contribution in [3.8, 4) is 0 Å². The third kappa shape index (κ3) is 5.25. The van der Waals surface area contributed by atoms with E-state index in [0.717, 1.165) is 24.1 Å². The van der Waals surface area contributed by atoms with Crippen molar-refractivity contribution >= 4 is 15.9 Å². The molecule has 0 bridgehead atoms. The van der Waals surface area contributed by atoms with Crippen LogP contribution in [-0.4, -0.2) is 19.6 Å². The molecule has 0 saturated carbocycles. The number of nitrogens with one attached hydrogen (secondary N) is 1. The zero-order valence-electron chi connectivity index (χ0n) is 12.5. The Labute approximate surface area is 126 Å². The molecule has 0 aliphatic heterocycles. The normalized spacial score (nSPS) is 13.8. The fourth-order valence-corrected chi connectivity index (χ4v) is 2.57. The number of rotatable bonds is 7. The molecule has 2 nitrogen and oxygen atoms in total. The van der Waals surface area contributed by atoms with E-state index in [2.05, 4.69) is 73.2 Å². The van der Waals surface area contributed by atoms with E-state index in [4.69, 9.17) is 5.73 Å². The van der Waals surface area contributed by atoms with Gasteiger partial charge in [-0.15, -0.1) is 0 Å². The predicted octanol–water partition coefficient (Wildman–Crippen LogP) is 3.55. The standard InChI is InChI=1S/C16H27BrN2/c1-12(2)13(9-18)10-19-11-16(3,4)14-6-5-7-15(17)8-14/h5-8,12-13,19H,9-11,18H2,1-4H3. The summed E-state index contributed by atoms with van der Waals surface area (Å²) in [6, 6.07) is 8.55. The van der Waals surface area contributed by atoms with Crippen molar-refractivity contribution < 1.29 is 0 Å². The summed E-state index contributed by atoms with van der Waals surface area (Å²) in [4.78, 5) is 0. The quantitative estimate of drug-likeness (QED) is 0.804. The van der Waals surface area contributed by atoms with Crippen LogP contribution < -0.4 is 11.1 Å². The lowest BCUT2D eigenvalue weighted by Gasteiger charge is -2.28. The van der Waals surface area contributed by atoms with Crippen LogP contribution in [0, 0.1) is 11.8 Å². The molecule has 0 aliphatic rings. The molecular weight excluding hydrogens is 300 g/mol. The van der Waals surface area contributed by atoms with Gasteiger partial charge >= 0.3 is 0 Å². The van der Waals surface area contributed by atoms with E-state index in [1.165, 1.54) is 5.56 Å². The highest BCUT2D eigenvalue weighted by atomic mass is 79.9. The van der Waals surface area contributed by atoms with Crippen LogP contribution in [0.5, 0.6) is 0 Å². The molecule has 0 amide bonds. The smallest absolute Gasteiger partial charge is 0.0178 e. The maximum absolute atomic E-state index is 5.81. The fraction of sp³-hybridized carbons (Fsp3) is 0.625. The molecule has 1 atom stereocenters. The number of hydrogen-bond acceptors (Lipinski definition) is 2. The minimum absolute atomic E-state index is 0.125. The molecule has 0 spiro atoms. The van der Waals surface area contributed by atoms with Crippen LogP contribution in [0.4, 0.5) is 0 Å². The lowest BCUT2D eigenvalue weighted by Crippen LogP contribution is -2.38. The van der Waals surface area contributed by atoms with Gasteiger partial charge in [-0.25, -0.2) is 0 Å². The first-order valence-corrected chi connectivity index (χ1v) is 7.83. The molecule has 0 heterocycles. The van der Waals surface area contributed by atoms with E-state index >= 15 is 0 Å². The molecule has 0 saturated heterocycles. The number of hydrogen-bond donors (Lipinski definition) is 2. The van der Waals surface area contributed by atoms with E-state index in [-0.39, 0.29) is 5.41 Å². The minimum Gasteiger partial charge on any atom is -0.330 e. The van der Waals surface area contributed by atoms with Crippen LogP contribution in [0.1, 0.15) is 33.3 Å². The second-order valence-electron chi connectivity index (χ2n) is 6.26. The van der Waals surface area contributed by atoms with Crippen molar-refractivity contribution in [1.29, 1.82) is 0 Å². The van der Waals surface area contributed by atoms with E-state index in [9.17, 15) is 0 Å². The SMILES string of the molecule is CC(C)C(CN)CNCC(C)(C)c1cccc(Br)c1. The molecule has 108 valence electrons. The van der Waals surface area contributed by atoms with E-state index in [1.807, 2.05) is 0 Å². The van der Waals surface area contributed by atoms with Gasteiger partial charge in [0.2, 0.25) is 0 Å². The predicted molar refractivity (Wildman–Crippen MR) is 87.4 cm³/mol. The average Bonchev–Trinajstić information content (AvgIpc) is 2.34. The first-order valence-electron chi connectivity index (χ1n) is 7.03. The van der Waals surface area contributed by atoms with Crippen molar-refractivity contribution in [3.63, 3.8) is 0 Å². The van der Waals surface area contributed by atoms with Crippen LogP contribution in [0.2, 0.25) is 0 Å². The molecule has 1 rings (SSSR count). The average molecular weight is 327 g/mol. The summed E-state index contributed by atoms with van der Waals surface area (Å²) >= 11 is 3.54. The maximum atomic E-state index is 5.81. The van der Waals surface area contributed by atoms with Gasteiger partial charge in [0.1, 0.15) is 0 Å². The van der Waals surface area contributed by atoms with Crippen molar-refractivity contribution in [2.45, 2.75) is 33.1 Å². The second kappa shape index (κ2) is 7.41. The van der Waals surface area contributed by atoms with Gasteiger partial charge in [0.25, 0.3) is 0 Å². The van der Waals surface area contributed by atoms with Crippen LogP contribution >= 0.6 is 15.9 Å². The van der Waals surface area contributed by atoms with Gasteiger partial charge in [-0.05, 0) is 42.6 Å². The molecule has 0 aliphatic carbocycles. The van der Waals surface area contributed by atoms with Crippen LogP contribution in [0.25, 0.3) is 0 Å². The topological polar surface area (TPSA) is 38.0 Å². The van der Waals surface area contributed by atoms with Gasteiger partial charge in [0.15, 0.2) is 0 Å². The summed E-state index contributed by atoms with van der Waals surface area (Å²) in [5, 5.41) is 3.58. The van der Waals surface area contributed by atoms with E-state index < -0.39 is 0 Å². The van der Waals surface area contributed by atoms with Gasteiger partial charge in [-0.2, -0.15) is 0 Å². The lowest BCUT2D eigenvalue weighted by atomic mass is 9.84. The Morgan fingerprint density at radius 3 is 2.53 bits per heavy atom. The van der Waals surface area contributed by atoms with E-state index in [0.29, 0.717) is 11.8 Å².